The van der Waals surface area contributed by atoms with E-state index in [4.69, 9.17) is 5.73 Å². The summed E-state index contributed by atoms with van der Waals surface area (Å²) in [6.45, 7) is 6.84. The lowest BCUT2D eigenvalue weighted by Crippen LogP contribution is -2.52. The first-order chi connectivity index (χ1) is 9.72. The summed E-state index contributed by atoms with van der Waals surface area (Å²) in [7, 11) is 0. The van der Waals surface area contributed by atoms with Crippen LogP contribution in [0.1, 0.15) is 31.2 Å². The number of nitrogens with two attached hydrogens (primary N) is 1. The molecular weight excluding hydrogens is 246 g/mol. The molecule has 20 heavy (non-hydrogen) atoms. The molecule has 2 fully saturated rings. The maximum Gasteiger partial charge on any atom is 0.0369 e. The lowest BCUT2D eigenvalue weighted by molar-refractivity contribution is 0.140. The number of anilines is 1. The number of nitrogens with zero attached hydrogens (tertiary/aromatic N) is 2. The van der Waals surface area contributed by atoms with Gasteiger partial charge in [0.2, 0.25) is 0 Å². The van der Waals surface area contributed by atoms with Gasteiger partial charge in [-0.3, -0.25) is 4.90 Å². The van der Waals surface area contributed by atoms with Crippen LogP contribution < -0.4 is 10.6 Å². The van der Waals surface area contributed by atoms with Crippen molar-refractivity contribution in [3.63, 3.8) is 0 Å². The van der Waals surface area contributed by atoms with Gasteiger partial charge in [-0.25, -0.2) is 0 Å². The molecule has 2 N–H and O–H groups in total. The second-order valence-corrected chi connectivity index (χ2v) is 6.44. The number of hydrogen-bond donors (Lipinski definition) is 1. The van der Waals surface area contributed by atoms with Gasteiger partial charge in [0.25, 0.3) is 0 Å². The molecular formula is C17H27N3. The molecule has 1 heterocycles. The molecule has 2 aliphatic rings. The minimum Gasteiger partial charge on any atom is -0.369 e. The molecule has 3 rings (SSSR count). The number of rotatable bonds is 2. The fraction of sp³-hybridized carbons (Fsp3) is 0.647. The summed E-state index contributed by atoms with van der Waals surface area (Å²) in [5.74, 6) is 0. The molecule has 0 bridgehead atoms. The highest BCUT2D eigenvalue weighted by atomic mass is 15.3. The molecule has 2 atom stereocenters. The van der Waals surface area contributed by atoms with Gasteiger partial charge in [-0.1, -0.05) is 18.6 Å². The van der Waals surface area contributed by atoms with Crippen LogP contribution in [0, 0.1) is 6.92 Å². The summed E-state index contributed by atoms with van der Waals surface area (Å²) in [5, 5.41) is 0. The molecule has 0 aromatic heterocycles. The summed E-state index contributed by atoms with van der Waals surface area (Å²) in [5.41, 5.74) is 8.86. The topological polar surface area (TPSA) is 32.5 Å². The van der Waals surface area contributed by atoms with Crippen LogP contribution in [-0.2, 0) is 0 Å². The van der Waals surface area contributed by atoms with Gasteiger partial charge in [0, 0.05) is 44.0 Å². The molecule has 3 heteroatoms. The fourth-order valence-electron chi connectivity index (χ4n) is 3.70. The zero-order valence-corrected chi connectivity index (χ0v) is 12.6. The van der Waals surface area contributed by atoms with Crippen LogP contribution >= 0.6 is 0 Å². The number of aryl methyl sites for hydroxylation is 1. The Hall–Kier alpha value is -1.06. The van der Waals surface area contributed by atoms with Crippen LogP contribution in [-0.4, -0.2) is 43.2 Å². The fourth-order valence-corrected chi connectivity index (χ4v) is 3.70. The molecule has 0 spiro atoms. The highest BCUT2D eigenvalue weighted by molar-refractivity contribution is 5.48. The highest BCUT2D eigenvalue weighted by Gasteiger charge is 2.27. The van der Waals surface area contributed by atoms with Crippen LogP contribution in [0.3, 0.4) is 0 Å². The summed E-state index contributed by atoms with van der Waals surface area (Å²) in [4.78, 5) is 5.19. The minimum atomic E-state index is 0.434. The first kappa shape index (κ1) is 13.9. The van der Waals surface area contributed by atoms with Crippen molar-refractivity contribution in [3.05, 3.63) is 29.8 Å². The van der Waals surface area contributed by atoms with Gasteiger partial charge in [-0.15, -0.1) is 0 Å². The van der Waals surface area contributed by atoms with Gasteiger partial charge < -0.3 is 10.6 Å². The Morgan fingerprint density at radius 2 is 1.90 bits per heavy atom. The third kappa shape index (κ3) is 3.15. The second-order valence-electron chi connectivity index (χ2n) is 6.44. The smallest absolute Gasteiger partial charge is 0.0369 e. The monoisotopic (exact) mass is 273 g/mol. The second kappa shape index (κ2) is 6.15. The quantitative estimate of drug-likeness (QED) is 0.898. The van der Waals surface area contributed by atoms with E-state index < -0.39 is 0 Å². The maximum absolute atomic E-state index is 6.13. The van der Waals surface area contributed by atoms with Gasteiger partial charge in [-0.2, -0.15) is 0 Å². The van der Waals surface area contributed by atoms with Crippen LogP contribution in [0.15, 0.2) is 24.3 Å². The van der Waals surface area contributed by atoms with Gasteiger partial charge in [0.1, 0.15) is 0 Å². The Balaban J connectivity index is 1.56. The van der Waals surface area contributed by atoms with E-state index in [-0.39, 0.29) is 0 Å². The van der Waals surface area contributed by atoms with Gasteiger partial charge >= 0.3 is 0 Å². The molecule has 1 saturated carbocycles. The third-order valence-corrected chi connectivity index (χ3v) is 4.88. The van der Waals surface area contributed by atoms with Crippen molar-refractivity contribution in [2.24, 2.45) is 5.73 Å². The van der Waals surface area contributed by atoms with Crippen molar-refractivity contribution >= 4 is 5.69 Å². The Morgan fingerprint density at radius 1 is 1.10 bits per heavy atom. The molecule has 3 nitrogen and oxygen atoms in total. The molecule has 1 aromatic rings. The lowest BCUT2D eigenvalue weighted by atomic mass is 9.90. The average Bonchev–Trinajstić information content (AvgIpc) is 2.47. The van der Waals surface area contributed by atoms with E-state index in [9.17, 15) is 0 Å². The highest BCUT2D eigenvalue weighted by Crippen LogP contribution is 2.24. The van der Waals surface area contributed by atoms with E-state index in [1.165, 1.54) is 50.0 Å². The van der Waals surface area contributed by atoms with Crippen molar-refractivity contribution in [1.82, 2.24) is 4.90 Å². The van der Waals surface area contributed by atoms with Crippen LogP contribution in [0.4, 0.5) is 5.69 Å². The van der Waals surface area contributed by atoms with E-state index in [0.29, 0.717) is 6.04 Å². The van der Waals surface area contributed by atoms with Crippen LogP contribution in [0.25, 0.3) is 0 Å². The first-order valence-corrected chi connectivity index (χ1v) is 8.03. The summed E-state index contributed by atoms with van der Waals surface area (Å²) >= 11 is 0. The van der Waals surface area contributed by atoms with Crippen molar-refractivity contribution in [2.45, 2.75) is 44.7 Å². The minimum absolute atomic E-state index is 0.434. The van der Waals surface area contributed by atoms with Crippen LogP contribution in [0.2, 0.25) is 0 Å². The largest absolute Gasteiger partial charge is 0.369 e. The predicted octanol–water partition coefficient (Wildman–Crippen LogP) is 2.39. The van der Waals surface area contributed by atoms with Gasteiger partial charge in [0.15, 0.2) is 0 Å². The van der Waals surface area contributed by atoms with E-state index in [1.807, 2.05) is 0 Å². The van der Waals surface area contributed by atoms with Crippen molar-refractivity contribution in [1.29, 1.82) is 0 Å². The van der Waals surface area contributed by atoms with E-state index in [0.717, 1.165) is 19.1 Å². The Bertz CT molecular complexity index is 438. The lowest BCUT2D eigenvalue weighted by Gasteiger charge is -2.42. The maximum atomic E-state index is 6.13. The van der Waals surface area contributed by atoms with Gasteiger partial charge in [0.05, 0.1) is 0 Å². The van der Waals surface area contributed by atoms with Crippen molar-refractivity contribution < 1.29 is 0 Å². The molecule has 1 aliphatic heterocycles. The number of hydrogen-bond acceptors (Lipinski definition) is 3. The normalized spacial score (nSPS) is 28.6. The molecule has 2 unspecified atom stereocenters. The molecule has 0 amide bonds. The molecule has 1 aliphatic carbocycles. The summed E-state index contributed by atoms with van der Waals surface area (Å²) in [6, 6.07) is 10.0. The third-order valence-electron chi connectivity index (χ3n) is 4.88. The van der Waals surface area contributed by atoms with E-state index >= 15 is 0 Å². The van der Waals surface area contributed by atoms with E-state index in [2.05, 4.69) is 41.0 Å². The number of benzene rings is 1. The summed E-state index contributed by atoms with van der Waals surface area (Å²) in [6.07, 6.45) is 5.08. The number of piperazine rings is 1. The molecule has 1 aromatic carbocycles. The predicted molar refractivity (Wildman–Crippen MR) is 85.2 cm³/mol. The Morgan fingerprint density at radius 3 is 2.60 bits per heavy atom. The SMILES string of the molecule is Cc1cccc(N2CCN(C3CCCC(N)C3)CC2)c1. The molecule has 0 radical (unpaired) electrons. The molecule has 1 saturated heterocycles. The Labute approximate surface area is 122 Å². The summed E-state index contributed by atoms with van der Waals surface area (Å²) < 4.78 is 0. The standard InChI is InChI=1S/C17H27N3/c1-14-4-2-6-16(12-14)19-8-10-20(11-9-19)17-7-3-5-15(18)13-17/h2,4,6,12,15,17H,3,5,7-11,13,18H2,1H3. The van der Waals surface area contributed by atoms with Gasteiger partial charge in [-0.05, 0) is 43.9 Å². The molecule has 110 valence electrons. The average molecular weight is 273 g/mol. The van der Waals surface area contributed by atoms with Crippen molar-refractivity contribution in [3.8, 4) is 0 Å². The van der Waals surface area contributed by atoms with Crippen molar-refractivity contribution in [2.75, 3.05) is 31.1 Å². The zero-order valence-electron chi connectivity index (χ0n) is 12.6. The van der Waals surface area contributed by atoms with Crippen LogP contribution in [0.5, 0.6) is 0 Å². The van der Waals surface area contributed by atoms with E-state index in [1.54, 1.807) is 0 Å². The zero-order chi connectivity index (χ0) is 13.9. The first-order valence-electron chi connectivity index (χ1n) is 8.03. The Kier molecular flexibility index (Phi) is 4.27.